The molecule has 0 saturated heterocycles. The molecule has 0 bridgehead atoms. The van der Waals surface area contributed by atoms with Crippen LogP contribution in [0, 0.1) is 0 Å². The molecular formula is C17H15N3O. The Morgan fingerprint density at radius 3 is 2.67 bits per heavy atom. The molecule has 3 rings (SSSR count). The van der Waals surface area contributed by atoms with Crippen molar-refractivity contribution in [1.82, 2.24) is 9.99 Å². The Kier molecular flexibility index (Phi) is 3.51. The van der Waals surface area contributed by atoms with Crippen LogP contribution in [0.1, 0.15) is 16.1 Å². The number of hydrogen-bond acceptors (Lipinski definition) is 2. The van der Waals surface area contributed by atoms with Gasteiger partial charge in [-0.1, -0.05) is 30.3 Å². The van der Waals surface area contributed by atoms with Crippen LogP contribution in [0.5, 0.6) is 0 Å². The number of carbonyl (C=O) groups is 1. The number of benzene rings is 2. The minimum atomic E-state index is -0.216. The maximum Gasteiger partial charge on any atom is 0.271 e. The molecular weight excluding hydrogens is 262 g/mol. The Morgan fingerprint density at radius 1 is 1.10 bits per heavy atom. The third-order valence-corrected chi connectivity index (χ3v) is 3.36. The summed E-state index contributed by atoms with van der Waals surface area (Å²) in [6.45, 7) is 0. The minimum absolute atomic E-state index is 0.216. The summed E-state index contributed by atoms with van der Waals surface area (Å²) in [6, 6.07) is 17.4. The van der Waals surface area contributed by atoms with Gasteiger partial charge in [0.15, 0.2) is 0 Å². The van der Waals surface area contributed by atoms with Crippen molar-refractivity contribution in [2.75, 3.05) is 0 Å². The predicted molar refractivity (Wildman–Crippen MR) is 84.4 cm³/mol. The molecule has 3 aromatic rings. The fraction of sp³-hybridized carbons (Fsp3) is 0.0588. The molecule has 0 spiro atoms. The number of aryl methyl sites for hydroxylation is 1. The third kappa shape index (κ3) is 2.84. The van der Waals surface area contributed by atoms with Gasteiger partial charge in [0.05, 0.1) is 11.9 Å². The Hall–Kier alpha value is -2.88. The lowest BCUT2D eigenvalue weighted by atomic mass is 10.1. The molecule has 21 heavy (non-hydrogen) atoms. The van der Waals surface area contributed by atoms with Crippen molar-refractivity contribution in [3.8, 4) is 0 Å². The van der Waals surface area contributed by atoms with E-state index in [0.29, 0.717) is 5.56 Å². The second-order valence-corrected chi connectivity index (χ2v) is 4.81. The van der Waals surface area contributed by atoms with Crippen LogP contribution in [0.15, 0.2) is 65.9 Å². The van der Waals surface area contributed by atoms with Gasteiger partial charge in [0.1, 0.15) is 0 Å². The van der Waals surface area contributed by atoms with Crippen molar-refractivity contribution in [3.63, 3.8) is 0 Å². The van der Waals surface area contributed by atoms with Gasteiger partial charge in [0.2, 0.25) is 0 Å². The summed E-state index contributed by atoms with van der Waals surface area (Å²) in [4.78, 5) is 12.1. The monoisotopic (exact) mass is 277 g/mol. The first-order chi connectivity index (χ1) is 10.2. The number of nitrogens with one attached hydrogen (secondary N) is 1. The average molecular weight is 277 g/mol. The summed E-state index contributed by atoms with van der Waals surface area (Å²) in [5, 5.41) is 6.14. The first kappa shape index (κ1) is 13.1. The topological polar surface area (TPSA) is 46.4 Å². The Bertz CT molecular complexity index is 818. The van der Waals surface area contributed by atoms with Gasteiger partial charge in [0.25, 0.3) is 5.91 Å². The SMILES string of the molecule is Cn1cccc1/C=N\NC(=O)c1ccc2ccccc2c1. The van der Waals surface area contributed by atoms with Crippen molar-refractivity contribution >= 4 is 22.9 Å². The average Bonchev–Trinajstić information content (AvgIpc) is 2.92. The van der Waals surface area contributed by atoms with Gasteiger partial charge < -0.3 is 4.57 Å². The molecule has 104 valence electrons. The highest BCUT2D eigenvalue weighted by Gasteiger charge is 2.04. The highest BCUT2D eigenvalue weighted by molar-refractivity contribution is 5.98. The predicted octanol–water partition coefficient (Wildman–Crippen LogP) is 2.94. The van der Waals surface area contributed by atoms with E-state index in [9.17, 15) is 4.79 Å². The van der Waals surface area contributed by atoms with Gasteiger partial charge in [-0.3, -0.25) is 4.79 Å². The maximum absolute atomic E-state index is 12.1. The number of rotatable bonds is 3. The molecule has 2 aromatic carbocycles. The summed E-state index contributed by atoms with van der Waals surface area (Å²) in [5.41, 5.74) is 4.07. The van der Waals surface area contributed by atoms with E-state index in [0.717, 1.165) is 16.5 Å². The number of aromatic nitrogens is 1. The molecule has 4 heteroatoms. The molecule has 1 heterocycles. The molecule has 0 unspecified atom stereocenters. The Morgan fingerprint density at radius 2 is 1.90 bits per heavy atom. The Balaban J connectivity index is 1.75. The zero-order chi connectivity index (χ0) is 14.7. The number of carbonyl (C=O) groups excluding carboxylic acids is 1. The molecule has 0 aliphatic carbocycles. The zero-order valence-electron chi connectivity index (χ0n) is 11.7. The Labute approximate surface area is 122 Å². The molecule has 0 radical (unpaired) electrons. The van der Waals surface area contributed by atoms with E-state index in [1.165, 1.54) is 0 Å². The normalized spacial score (nSPS) is 11.1. The van der Waals surface area contributed by atoms with E-state index in [1.54, 1.807) is 12.3 Å². The van der Waals surface area contributed by atoms with Crippen molar-refractivity contribution in [1.29, 1.82) is 0 Å². The lowest BCUT2D eigenvalue weighted by Gasteiger charge is -2.02. The van der Waals surface area contributed by atoms with Crippen LogP contribution in [0.25, 0.3) is 10.8 Å². The van der Waals surface area contributed by atoms with Gasteiger partial charge in [-0.2, -0.15) is 5.10 Å². The van der Waals surface area contributed by atoms with E-state index >= 15 is 0 Å². The van der Waals surface area contributed by atoms with Gasteiger partial charge in [-0.15, -0.1) is 0 Å². The molecule has 1 aromatic heterocycles. The highest BCUT2D eigenvalue weighted by atomic mass is 16.2. The lowest BCUT2D eigenvalue weighted by molar-refractivity contribution is 0.0955. The largest absolute Gasteiger partial charge is 0.350 e. The van der Waals surface area contributed by atoms with Crippen LogP contribution in [0.3, 0.4) is 0 Å². The summed E-state index contributed by atoms with van der Waals surface area (Å²) in [7, 11) is 1.92. The summed E-state index contributed by atoms with van der Waals surface area (Å²) >= 11 is 0. The molecule has 0 aliphatic heterocycles. The quantitative estimate of drug-likeness (QED) is 0.580. The fourth-order valence-corrected chi connectivity index (χ4v) is 2.16. The molecule has 0 atom stereocenters. The number of hydrazone groups is 1. The van der Waals surface area contributed by atoms with Crippen molar-refractivity contribution in [2.24, 2.45) is 12.1 Å². The van der Waals surface area contributed by atoms with Gasteiger partial charge in [-0.05, 0) is 35.0 Å². The van der Waals surface area contributed by atoms with E-state index < -0.39 is 0 Å². The van der Waals surface area contributed by atoms with Crippen molar-refractivity contribution in [2.45, 2.75) is 0 Å². The van der Waals surface area contributed by atoms with Crippen LogP contribution >= 0.6 is 0 Å². The number of amides is 1. The van der Waals surface area contributed by atoms with Gasteiger partial charge in [-0.25, -0.2) is 5.43 Å². The zero-order valence-corrected chi connectivity index (χ0v) is 11.7. The lowest BCUT2D eigenvalue weighted by Crippen LogP contribution is -2.17. The number of hydrogen-bond donors (Lipinski definition) is 1. The second-order valence-electron chi connectivity index (χ2n) is 4.81. The van der Waals surface area contributed by atoms with E-state index in [4.69, 9.17) is 0 Å². The third-order valence-electron chi connectivity index (χ3n) is 3.36. The van der Waals surface area contributed by atoms with Crippen LogP contribution in [-0.2, 0) is 7.05 Å². The molecule has 0 fully saturated rings. The van der Waals surface area contributed by atoms with Crippen LogP contribution in [-0.4, -0.2) is 16.7 Å². The van der Waals surface area contributed by atoms with Crippen molar-refractivity contribution < 1.29 is 4.79 Å². The summed E-state index contributed by atoms with van der Waals surface area (Å²) in [6.07, 6.45) is 3.55. The van der Waals surface area contributed by atoms with Gasteiger partial charge in [0, 0.05) is 18.8 Å². The van der Waals surface area contributed by atoms with Crippen LogP contribution in [0.2, 0.25) is 0 Å². The highest BCUT2D eigenvalue weighted by Crippen LogP contribution is 2.15. The minimum Gasteiger partial charge on any atom is -0.350 e. The smallest absolute Gasteiger partial charge is 0.271 e. The first-order valence-electron chi connectivity index (χ1n) is 6.67. The summed E-state index contributed by atoms with van der Waals surface area (Å²) in [5.74, 6) is -0.216. The molecule has 1 N–H and O–H groups in total. The number of fused-ring (bicyclic) bond motifs is 1. The van der Waals surface area contributed by atoms with E-state index in [-0.39, 0.29) is 5.91 Å². The van der Waals surface area contributed by atoms with Crippen molar-refractivity contribution in [3.05, 3.63) is 72.1 Å². The molecule has 0 aliphatic rings. The first-order valence-corrected chi connectivity index (χ1v) is 6.67. The van der Waals surface area contributed by atoms with E-state index in [1.807, 2.05) is 66.3 Å². The van der Waals surface area contributed by atoms with E-state index in [2.05, 4.69) is 10.5 Å². The van der Waals surface area contributed by atoms with Crippen LogP contribution in [0.4, 0.5) is 0 Å². The second kappa shape index (κ2) is 5.63. The van der Waals surface area contributed by atoms with Crippen LogP contribution < -0.4 is 5.43 Å². The number of nitrogens with zero attached hydrogens (tertiary/aromatic N) is 2. The maximum atomic E-state index is 12.1. The van der Waals surface area contributed by atoms with Gasteiger partial charge >= 0.3 is 0 Å². The summed E-state index contributed by atoms with van der Waals surface area (Å²) < 4.78 is 1.92. The molecule has 0 saturated carbocycles. The standard InChI is InChI=1S/C17H15N3O/c1-20-10-4-7-16(20)12-18-19-17(21)15-9-8-13-5-2-3-6-14(13)11-15/h2-12H,1H3,(H,19,21)/b18-12-. The molecule has 4 nitrogen and oxygen atoms in total. The fourth-order valence-electron chi connectivity index (χ4n) is 2.16. The molecule has 1 amide bonds.